The van der Waals surface area contributed by atoms with Crippen LogP contribution in [0.15, 0.2) is 47.7 Å². The molecule has 1 aromatic rings. The highest BCUT2D eigenvalue weighted by Crippen LogP contribution is 2.16. The molecule has 0 fully saturated rings. The highest BCUT2D eigenvalue weighted by atomic mass is 16.4. The Labute approximate surface area is 110 Å². The molecule has 0 radical (unpaired) electrons. The number of hydrogen-bond donors (Lipinski definition) is 2. The minimum absolute atomic E-state index is 0.107. The van der Waals surface area contributed by atoms with E-state index in [1.54, 1.807) is 49.4 Å². The largest absolute Gasteiger partial charge is 0.478 e. The minimum atomic E-state index is -1.10. The van der Waals surface area contributed by atoms with Gasteiger partial charge in [0.1, 0.15) is 12.1 Å². The fourth-order valence-corrected chi connectivity index (χ4v) is 1.44. The molecule has 1 aromatic carbocycles. The zero-order valence-electron chi connectivity index (χ0n) is 10.2. The van der Waals surface area contributed by atoms with Crippen LogP contribution in [0.1, 0.15) is 12.5 Å². The number of carboxylic acid groups (broad SMARTS) is 1. The van der Waals surface area contributed by atoms with Crippen molar-refractivity contribution in [2.24, 2.45) is 0 Å². The Hall–Kier alpha value is -3.05. The average Bonchev–Trinajstić information content (AvgIpc) is 2.39. The normalized spacial score (nSPS) is 9.95. The van der Waals surface area contributed by atoms with Gasteiger partial charge in [0.25, 0.3) is 0 Å². The number of carboxylic acids is 1. The molecule has 0 amide bonds. The van der Waals surface area contributed by atoms with Crippen molar-refractivity contribution in [3.8, 4) is 12.1 Å². The lowest BCUT2D eigenvalue weighted by atomic mass is 10.1. The van der Waals surface area contributed by atoms with Crippen LogP contribution in [-0.4, -0.2) is 11.1 Å². The van der Waals surface area contributed by atoms with E-state index in [-0.39, 0.29) is 5.57 Å². The van der Waals surface area contributed by atoms with Crippen LogP contribution in [0.25, 0.3) is 5.70 Å². The summed E-state index contributed by atoms with van der Waals surface area (Å²) in [7, 11) is 0. The Kier molecular flexibility index (Phi) is 4.89. The molecule has 2 N–H and O–H groups in total. The summed E-state index contributed by atoms with van der Waals surface area (Å²) in [6.07, 6.45) is 0.968. The summed E-state index contributed by atoms with van der Waals surface area (Å²) < 4.78 is 0. The summed E-state index contributed by atoms with van der Waals surface area (Å²) >= 11 is 0. The van der Waals surface area contributed by atoms with Gasteiger partial charge in [-0.1, -0.05) is 30.3 Å². The molecule has 0 saturated carbocycles. The molecule has 0 aliphatic heterocycles. The predicted molar refractivity (Wildman–Crippen MR) is 69.1 cm³/mol. The molecule has 94 valence electrons. The van der Waals surface area contributed by atoms with E-state index in [4.69, 9.17) is 15.6 Å². The Morgan fingerprint density at radius 2 is 1.84 bits per heavy atom. The quantitative estimate of drug-likeness (QED) is 0.632. The van der Waals surface area contributed by atoms with Crippen LogP contribution in [0, 0.1) is 22.7 Å². The van der Waals surface area contributed by atoms with Gasteiger partial charge in [-0.2, -0.15) is 10.5 Å². The third-order valence-corrected chi connectivity index (χ3v) is 2.20. The summed E-state index contributed by atoms with van der Waals surface area (Å²) in [5.41, 5.74) is 1.15. The van der Waals surface area contributed by atoms with Crippen LogP contribution in [0.2, 0.25) is 0 Å². The summed E-state index contributed by atoms with van der Waals surface area (Å²) in [5, 5.41) is 29.3. The zero-order valence-corrected chi connectivity index (χ0v) is 10.2. The van der Waals surface area contributed by atoms with Gasteiger partial charge in [-0.25, -0.2) is 4.79 Å². The summed E-state index contributed by atoms with van der Waals surface area (Å²) in [4.78, 5) is 10.6. The number of hydrogen-bond acceptors (Lipinski definition) is 4. The lowest BCUT2D eigenvalue weighted by Gasteiger charge is -2.11. The first-order valence-corrected chi connectivity index (χ1v) is 5.36. The molecule has 0 heterocycles. The molecule has 5 heteroatoms. The highest BCUT2D eigenvalue weighted by molar-refractivity contribution is 5.82. The Balaban J connectivity index is 3.26. The third kappa shape index (κ3) is 4.03. The molecule has 0 bridgehead atoms. The zero-order chi connectivity index (χ0) is 14.3. The Bertz CT molecular complexity index is 600. The first-order valence-electron chi connectivity index (χ1n) is 5.36. The van der Waals surface area contributed by atoms with E-state index in [1.165, 1.54) is 0 Å². The smallest absolute Gasteiger partial charge is 0.330 e. The van der Waals surface area contributed by atoms with Crippen LogP contribution < -0.4 is 5.32 Å². The third-order valence-electron chi connectivity index (χ3n) is 2.20. The molecule has 0 unspecified atom stereocenters. The number of nitrogens with one attached hydrogen (secondary N) is 1. The molecule has 0 aromatic heterocycles. The number of allylic oxidation sites excluding steroid dienone is 2. The number of carbonyl (C=O) groups is 1. The summed E-state index contributed by atoms with van der Waals surface area (Å²) in [6, 6.07) is 12.4. The molecule has 0 atom stereocenters. The maximum Gasteiger partial charge on any atom is 0.330 e. The Morgan fingerprint density at radius 3 is 2.32 bits per heavy atom. The standard InChI is InChI=1S/C14H11N3O2/c1-10(7-13(18)19)17-14(12(8-15)9-16)11-5-3-2-4-6-11/h2-7,17H,1H3,(H,18,19)/b10-7-. The molecular weight excluding hydrogens is 242 g/mol. The summed E-state index contributed by atoms with van der Waals surface area (Å²) in [5.74, 6) is -1.10. The van der Waals surface area contributed by atoms with Crippen LogP contribution in [0.4, 0.5) is 0 Å². The van der Waals surface area contributed by atoms with E-state index in [0.717, 1.165) is 6.08 Å². The number of nitrogens with zero attached hydrogens (tertiary/aromatic N) is 2. The van der Waals surface area contributed by atoms with Crippen molar-refractivity contribution in [2.75, 3.05) is 0 Å². The van der Waals surface area contributed by atoms with Gasteiger partial charge in [-0.05, 0) is 6.92 Å². The van der Waals surface area contributed by atoms with Gasteiger partial charge in [0, 0.05) is 17.3 Å². The molecule has 5 nitrogen and oxygen atoms in total. The fourth-order valence-electron chi connectivity index (χ4n) is 1.44. The molecule has 19 heavy (non-hydrogen) atoms. The van der Waals surface area contributed by atoms with Gasteiger partial charge >= 0.3 is 5.97 Å². The first kappa shape index (κ1) is 14.0. The number of aliphatic carboxylic acids is 1. The van der Waals surface area contributed by atoms with Crippen LogP contribution in [0.3, 0.4) is 0 Å². The second-order valence-corrected chi connectivity index (χ2v) is 3.63. The van der Waals surface area contributed by atoms with E-state index in [0.29, 0.717) is 17.0 Å². The lowest BCUT2D eigenvalue weighted by Crippen LogP contribution is -2.13. The van der Waals surface area contributed by atoms with E-state index in [1.807, 2.05) is 0 Å². The van der Waals surface area contributed by atoms with Crippen molar-refractivity contribution in [3.63, 3.8) is 0 Å². The molecule has 0 aliphatic rings. The lowest BCUT2D eigenvalue weighted by molar-refractivity contribution is -0.131. The van der Waals surface area contributed by atoms with E-state index >= 15 is 0 Å². The van der Waals surface area contributed by atoms with Gasteiger partial charge in [-0.3, -0.25) is 0 Å². The van der Waals surface area contributed by atoms with E-state index in [2.05, 4.69) is 5.32 Å². The van der Waals surface area contributed by atoms with Crippen LogP contribution in [0.5, 0.6) is 0 Å². The van der Waals surface area contributed by atoms with Gasteiger partial charge < -0.3 is 10.4 Å². The maximum atomic E-state index is 10.6. The van der Waals surface area contributed by atoms with E-state index in [9.17, 15) is 4.79 Å². The Morgan fingerprint density at radius 1 is 1.26 bits per heavy atom. The van der Waals surface area contributed by atoms with Gasteiger partial charge in [-0.15, -0.1) is 0 Å². The van der Waals surface area contributed by atoms with E-state index < -0.39 is 5.97 Å². The van der Waals surface area contributed by atoms with Crippen LogP contribution in [-0.2, 0) is 4.79 Å². The van der Waals surface area contributed by atoms with Crippen LogP contribution >= 0.6 is 0 Å². The maximum absolute atomic E-state index is 10.6. The first-order chi connectivity index (χ1) is 9.08. The summed E-state index contributed by atoms with van der Waals surface area (Å²) in [6.45, 7) is 1.55. The van der Waals surface area contributed by atoms with Crippen molar-refractivity contribution >= 4 is 11.7 Å². The SMILES string of the molecule is C/C(=C/C(=O)O)NC(=C(C#N)C#N)c1ccccc1. The molecule has 0 saturated heterocycles. The van der Waals surface area contributed by atoms with Crippen molar-refractivity contribution in [1.29, 1.82) is 10.5 Å². The molecular formula is C14H11N3O2. The second-order valence-electron chi connectivity index (χ2n) is 3.63. The highest BCUT2D eigenvalue weighted by Gasteiger charge is 2.09. The van der Waals surface area contributed by atoms with Crippen molar-refractivity contribution in [2.45, 2.75) is 6.92 Å². The molecule has 0 spiro atoms. The van der Waals surface area contributed by atoms with Crippen molar-refractivity contribution in [3.05, 3.63) is 53.2 Å². The van der Waals surface area contributed by atoms with Crippen molar-refractivity contribution in [1.82, 2.24) is 5.32 Å². The van der Waals surface area contributed by atoms with Gasteiger partial charge in [0.05, 0.1) is 5.70 Å². The van der Waals surface area contributed by atoms with Gasteiger partial charge in [0.15, 0.2) is 5.57 Å². The van der Waals surface area contributed by atoms with Crippen molar-refractivity contribution < 1.29 is 9.90 Å². The monoisotopic (exact) mass is 253 g/mol. The number of rotatable bonds is 4. The predicted octanol–water partition coefficient (Wildman–Crippen LogP) is 2.02. The van der Waals surface area contributed by atoms with Gasteiger partial charge in [0.2, 0.25) is 0 Å². The average molecular weight is 253 g/mol. The topological polar surface area (TPSA) is 96.9 Å². The second kappa shape index (κ2) is 6.63. The number of benzene rings is 1. The fraction of sp³-hybridized carbons (Fsp3) is 0.0714. The minimum Gasteiger partial charge on any atom is -0.478 e. The number of nitriles is 2. The molecule has 0 aliphatic carbocycles. The molecule has 1 rings (SSSR count).